The Morgan fingerprint density at radius 1 is 1.03 bits per heavy atom. The Balaban J connectivity index is 2.22. The third kappa shape index (κ3) is 6.53. The minimum Gasteiger partial charge on any atom is -0.480 e. The van der Waals surface area contributed by atoms with Gasteiger partial charge in [0.15, 0.2) is 0 Å². The van der Waals surface area contributed by atoms with Crippen LogP contribution in [0.3, 0.4) is 0 Å². The summed E-state index contributed by atoms with van der Waals surface area (Å²) >= 11 is 0. The molecule has 2 rings (SSSR count). The highest BCUT2D eigenvalue weighted by atomic mass is 16.4. The van der Waals surface area contributed by atoms with Gasteiger partial charge in [-0.25, -0.2) is 0 Å². The van der Waals surface area contributed by atoms with Crippen LogP contribution < -0.4 is 21.7 Å². The summed E-state index contributed by atoms with van der Waals surface area (Å²) < 4.78 is 0. The average molecular weight is 447 g/mol. The molecule has 8 N–H and O–H groups in total. The molecule has 0 saturated heterocycles. The number of hydrogen-bond acceptors (Lipinski definition) is 6. The van der Waals surface area contributed by atoms with Gasteiger partial charge in [0.1, 0.15) is 18.6 Å². The Hall–Kier alpha value is -3.44. The standard InChI is InChI=1S/C21H29N5O6/c1-11(2)18(22)21(32)25-15(7-12-8-23-14-6-4-3-5-13(12)14)20(31)26-16(10-27)19(30)24-9-17(28)29/h3-6,8,11,15-16,18,23,27H,7,9-10,22H2,1-2H3,(H,24,30)(H,25,32)(H,26,31)(H,28,29). The normalized spacial score (nSPS) is 13.9. The first kappa shape index (κ1) is 24.8. The van der Waals surface area contributed by atoms with E-state index in [0.717, 1.165) is 16.5 Å². The van der Waals surface area contributed by atoms with Crippen LogP contribution in [0.1, 0.15) is 19.4 Å². The number of nitrogens with one attached hydrogen (secondary N) is 4. The van der Waals surface area contributed by atoms with E-state index in [2.05, 4.69) is 20.9 Å². The lowest BCUT2D eigenvalue weighted by atomic mass is 10.0. The fourth-order valence-corrected chi connectivity index (χ4v) is 3.05. The van der Waals surface area contributed by atoms with Crippen LogP contribution in [-0.4, -0.2) is 70.2 Å². The first-order chi connectivity index (χ1) is 15.1. The average Bonchev–Trinajstić information content (AvgIpc) is 3.17. The predicted molar refractivity (Wildman–Crippen MR) is 116 cm³/mol. The van der Waals surface area contributed by atoms with Gasteiger partial charge in [-0.1, -0.05) is 32.0 Å². The minimum atomic E-state index is -1.39. The van der Waals surface area contributed by atoms with Crippen molar-refractivity contribution in [2.24, 2.45) is 11.7 Å². The Labute approximate surface area is 184 Å². The predicted octanol–water partition coefficient (Wildman–Crippen LogP) is -1.14. The molecule has 3 unspecified atom stereocenters. The van der Waals surface area contributed by atoms with Crippen molar-refractivity contribution >= 4 is 34.6 Å². The van der Waals surface area contributed by atoms with Crippen molar-refractivity contribution in [2.75, 3.05) is 13.2 Å². The van der Waals surface area contributed by atoms with Crippen LogP contribution in [0.25, 0.3) is 10.9 Å². The molecule has 11 heteroatoms. The molecule has 2 aromatic rings. The zero-order chi connectivity index (χ0) is 23.8. The largest absolute Gasteiger partial charge is 0.480 e. The molecule has 1 aromatic carbocycles. The number of carboxylic acids is 1. The van der Waals surface area contributed by atoms with Gasteiger partial charge >= 0.3 is 5.97 Å². The molecule has 3 atom stereocenters. The lowest BCUT2D eigenvalue weighted by molar-refractivity contribution is -0.139. The molecular formula is C21H29N5O6. The SMILES string of the molecule is CC(C)C(N)C(=O)NC(Cc1c[nH]c2ccccc12)C(=O)NC(CO)C(=O)NCC(=O)O. The van der Waals surface area contributed by atoms with Crippen molar-refractivity contribution in [1.29, 1.82) is 0 Å². The number of carboxylic acid groups (broad SMARTS) is 1. The molecule has 11 nitrogen and oxygen atoms in total. The van der Waals surface area contributed by atoms with Crippen molar-refractivity contribution in [2.45, 2.75) is 38.4 Å². The fourth-order valence-electron chi connectivity index (χ4n) is 3.05. The van der Waals surface area contributed by atoms with Gasteiger partial charge in [-0.05, 0) is 17.5 Å². The molecule has 0 aliphatic carbocycles. The molecule has 0 saturated carbocycles. The van der Waals surface area contributed by atoms with Crippen molar-refractivity contribution in [3.63, 3.8) is 0 Å². The number of carbonyl (C=O) groups is 4. The number of fused-ring (bicyclic) bond motifs is 1. The highest BCUT2D eigenvalue weighted by molar-refractivity contribution is 5.94. The fraction of sp³-hybridized carbons (Fsp3) is 0.429. The molecule has 0 bridgehead atoms. The van der Waals surface area contributed by atoms with Gasteiger partial charge in [0, 0.05) is 23.5 Å². The van der Waals surface area contributed by atoms with Gasteiger partial charge in [0.2, 0.25) is 17.7 Å². The van der Waals surface area contributed by atoms with Gasteiger partial charge in [0.05, 0.1) is 12.6 Å². The zero-order valence-electron chi connectivity index (χ0n) is 17.9. The summed E-state index contributed by atoms with van der Waals surface area (Å²) in [5.41, 5.74) is 7.52. The van der Waals surface area contributed by atoms with Gasteiger partial charge in [-0.2, -0.15) is 0 Å². The van der Waals surface area contributed by atoms with Crippen molar-refractivity contribution < 1.29 is 29.4 Å². The maximum absolute atomic E-state index is 13.0. The minimum absolute atomic E-state index is 0.0985. The van der Waals surface area contributed by atoms with Crippen LogP contribution in [-0.2, 0) is 25.6 Å². The molecule has 3 amide bonds. The molecule has 1 heterocycles. The first-order valence-electron chi connectivity index (χ1n) is 10.2. The summed E-state index contributed by atoms with van der Waals surface area (Å²) in [6, 6.07) is 4.12. The molecule has 0 fully saturated rings. The summed E-state index contributed by atoms with van der Waals surface area (Å²) in [4.78, 5) is 51.3. The Morgan fingerprint density at radius 3 is 2.31 bits per heavy atom. The van der Waals surface area contributed by atoms with Crippen molar-refractivity contribution in [3.05, 3.63) is 36.0 Å². The highest BCUT2D eigenvalue weighted by Gasteiger charge is 2.29. The van der Waals surface area contributed by atoms with Crippen LogP contribution in [0.5, 0.6) is 0 Å². The Kier molecular flexibility index (Phi) is 8.73. The number of carbonyl (C=O) groups excluding carboxylic acids is 3. The third-order valence-electron chi connectivity index (χ3n) is 4.98. The van der Waals surface area contributed by atoms with E-state index < -0.39 is 55.0 Å². The van der Waals surface area contributed by atoms with E-state index in [4.69, 9.17) is 10.8 Å². The number of nitrogens with two attached hydrogens (primary N) is 1. The molecule has 32 heavy (non-hydrogen) atoms. The van der Waals surface area contributed by atoms with E-state index in [0.29, 0.717) is 0 Å². The second kappa shape index (κ2) is 11.3. The van der Waals surface area contributed by atoms with Crippen LogP contribution in [0.4, 0.5) is 0 Å². The lowest BCUT2D eigenvalue weighted by Gasteiger charge is -2.24. The van der Waals surface area contributed by atoms with E-state index >= 15 is 0 Å². The number of aliphatic hydroxyl groups is 1. The number of aliphatic hydroxyl groups excluding tert-OH is 1. The van der Waals surface area contributed by atoms with E-state index in [9.17, 15) is 24.3 Å². The summed E-state index contributed by atoms with van der Waals surface area (Å²) in [5.74, 6) is -3.55. The molecule has 0 spiro atoms. The number of H-pyrrole nitrogens is 1. The smallest absolute Gasteiger partial charge is 0.322 e. The van der Waals surface area contributed by atoms with Gasteiger partial charge < -0.3 is 36.9 Å². The van der Waals surface area contributed by atoms with Crippen molar-refractivity contribution in [1.82, 2.24) is 20.9 Å². The van der Waals surface area contributed by atoms with Gasteiger partial charge in [-0.3, -0.25) is 19.2 Å². The number of aliphatic carboxylic acids is 1. The molecule has 0 aliphatic rings. The third-order valence-corrected chi connectivity index (χ3v) is 4.98. The number of aromatic amines is 1. The highest BCUT2D eigenvalue weighted by Crippen LogP contribution is 2.19. The number of hydrogen-bond donors (Lipinski definition) is 7. The van der Waals surface area contributed by atoms with Crippen LogP contribution in [0.15, 0.2) is 30.5 Å². The molecular weight excluding hydrogens is 418 g/mol. The van der Waals surface area contributed by atoms with Crippen LogP contribution >= 0.6 is 0 Å². The maximum atomic E-state index is 13.0. The monoisotopic (exact) mass is 447 g/mol. The zero-order valence-corrected chi connectivity index (χ0v) is 17.9. The van der Waals surface area contributed by atoms with Crippen molar-refractivity contribution in [3.8, 4) is 0 Å². The van der Waals surface area contributed by atoms with Crippen LogP contribution in [0, 0.1) is 5.92 Å². The van der Waals surface area contributed by atoms with Crippen LogP contribution in [0.2, 0.25) is 0 Å². The molecule has 1 aromatic heterocycles. The Morgan fingerprint density at radius 2 is 1.69 bits per heavy atom. The number of para-hydroxylation sites is 1. The summed E-state index contributed by atoms with van der Waals surface area (Å²) in [6.45, 7) is 2.13. The van der Waals surface area contributed by atoms with E-state index in [1.807, 2.05) is 24.3 Å². The number of rotatable bonds is 11. The molecule has 174 valence electrons. The topological polar surface area (TPSA) is 187 Å². The van der Waals surface area contributed by atoms with Gasteiger partial charge in [-0.15, -0.1) is 0 Å². The number of aromatic nitrogens is 1. The lowest BCUT2D eigenvalue weighted by Crippen LogP contribution is -2.58. The van der Waals surface area contributed by atoms with E-state index in [1.165, 1.54) is 0 Å². The maximum Gasteiger partial charge on any atom is 0.322 e. The second-order valence-corrected chi connectivity index (χ2v) is 7.75. The van der Waals surface area contributed by atoms with E-state index in [1.54, 1.807) is 20.0 Å². The first-order valence-corrected chi connectivity index (χ1v) is 10.2. The number of benzene rings is 1. The summed E-state index contributed by atoms with van der Waals surface area (Å²) in [5, 5.41) is 26.1. The molecule has 0 aliphatic heterocycles. The second-order valence-electron chi connectivity index (χ2n) is 7.75. The Bertz CT molecular complexity index is 972. The molecule has 0 radical (unpaired) electrons. The summed E-state index contributed by atoms with van der Waals surface area (Å²) in [7, 11) is 0. The summed E-state index contributed by atoms with van der Waals surface area (Å²) in [6.07, 6.45) is 1.82. The number of amides is 3. The quantitative estimate of drug-likeness (QED) is 0.227. The van der Waals surface area contributed by atoms with E-state index in [-0.39, 0.29) is 12.3 Å². The van der Waals surface area contributed by atoms with Gasteiger partial charge in [0.25, 0.3) is 0 Å².